The van der Waals surface area contributed by atoms with Gasteiger partial charge in [-0.3, -0.25) is 4.99 Å². The first kappa shape index (κ1) is 23.4. The molecule has 0 fully saturated rings. The van der Waals surface area contributed by atoms with Gasteiger partial charge in [-0.15, -0.1) is 0 Å². The Hall–Kier alpha value is -4.29. The molecule has 0 amide bonds. The van der Waals surface area contributed by atoms with Crippen LogP contribution >= 0.6 is 0 Å². The van der Waals surface area contributed by atoms with E-state index in [1.807, 2.05) is 5.32 Å². The van der Waals surface area contributed by atoms with Crippen LogP contribution in [0.5, 0.6) is 0 Å². The summed E-state index contributed by atoms with van der Waals surface area (Å²) in [4.78, 5) is 22.2. The number of aliphatic carboxylic acids is 1. The second kappa shape index (κ2) is 9.89. The Morgan fingerprint density at radius 2 is 2.00 bits per heavy atom. The summed E-state index contributed by atoms with van der Waals surface area (Å²) < 4.78 is 59.2. The maximum absolute atomic E-state index is 13.9. The summed E-state index contributed by atoms with van der Waals surface area (Å²) in [7, 11) is 0. The molecule has 172 valence electrons. The fourth-order valence-corrected chi connectivity index (χ4v) is 2.45. The van der Waals surface area contributed by atoms with Crippen LogP contribution in [0.25, 0.3) is 5.70 Å². The topological polar surface area (TPSA) is 140 Å². The second-order valence-corrected chi connectivity index (χ2v) is 6.53. The summed E-state index contributed by atoms with van der Waals surface area (Å²) in [6, 6.07) is 7.46. The van der Waals surface area contributed by atoms with Crippen LogP contribution in [-0.2, 0) is 11.3 Å². The molecule has 3 rings (SSSR count). The number of carboxylic acid groups (broad SMARTS) is 1. The molecular weight excluding hydrogens is 448 g/mol. The standard InChI is InChI=1S/C20H16F4N6O3/c21-12-4-2-1-3-11(12)8-26-16(15-5-6-33-30-15)7-14(25)18-27-9-13(22)17(29-18)28-10-20(23,24)19(31)32/h1-7,9H,8,10,25H2,(H,31,32)(H,27,28,29). The highest BCUT2D eigenvalue weighted by atomic mass is 19.3. The van der Waals surface area contributed by atoms with Crippen LogP contribution in [0.4, 0.5) is 23.4 Å². The zero-order valence-electron chi connectivity index (χ0n) is 16.7. The Bertz CT molecular complexity index is 1200. The van der Waals surface area contributed by atoms with Gasteiger partial charge in [-0.2, -0.15) is 8.78 Å². The van der Waals surface area contributed by atoms with Crippen molar-refractivity contribution in [1.82, 2.24) is 15.1 Å². The molecule has 13 heteroatoms. The molecule has 3 aromatic rings. The zero-order chi connectivity index (χ0) is 24.0. The molecule has 0 saturated carbocycles. The van der Waals surface area contributed by atoms with Crippen molar-refractivity contribution in [2.24, 2.45) is 10.7 Å². The number of nitrogens with one attached hydrogen (secondary N) is 1. The lowest BCUT2D eigenvalue weighted by Crippen LogP contribution is -2.36. The first-order chi connectivity index (χ1) is 15.7. The number of carboxylic acids is 1. The Labute approximate surface area is 183 Å². The SMILES string of the molecule is NC(=CC(=NCc1ccccc1F)c1ccon1)c1ncc(F)c(NCC(F)(F)C(=O)O)n1. The number of aromatic nitrogens is 3. The third-order valence-electron chi connectivity index (χ3n) is 4.16. The second-order valence-electron chi connectivity index (χ2n) is 6.53. The van der Waals surface area contributed by atoms with Gasteiger partial charge in [0.2, 0.25) is 0 Å². The number of nitrogens with two attached hydrogens (primary N) is 1. The van der Waals surface area contributed by atoms with Gasteiger partial charge in [0, 0.05) is 11.6 Å². The normalized spacial score (nSPS) is 12.6. The average Bonchev–Trinajstić information content (AvgIpc) is 3.31. The smallest absolute Gasteiger partial charge is 0.376 e. The largest absolute Gasteiger partial charge is 0.477 e. The van der Waals surface area contributed by atoms with Gasteiger partial charge in [0.15, 0.2) is 17.5 Å². The first-order valence-corrected chi connectivity index (χ1v) is 9.21. The van der Waals surface area contributed by atoms with Crippen molar-refractivity contribution in [3.8, 4) is 0 Å². The van der Waals surface area contributed by atoms with Crippen molar-refractivity contribution in [2.45, 2.75) is 12.5 Å². The van der Waals surface area contributed by atoms with Crippen LogP contribution in [0, 0.1) is 11.6 Å². The van der Waals surface area contributed by atoms with Crippen LogP contribution in [0.1, 0.15) is 17.1 Å². The Kier molecular flexibility index (Phi) is 7.00. The number of allylic oxidation sites excluding steroid dienone is 1. The average molecular weight is 464 g/mol. The number of aliphatic imine (C=N–C) groups is 1. The Balaban J connectivity index is 1.89. The van der Waals surface area contributed by atoms with Gasteiger partial charge in [0.1, 0.15) is 17.8 Å². The monoisotopic (exact) mass is 464 g/mol. The van der Waals surface area contributed by atoms with E-state index in [2.05, 4.69) is 20.1 Å². The summed E-state index contributed by atoms with van der Waals surface area (Å²) in [6.45, 7) is -1.48. The summed E-state index contributed by atoms with van der Waals surface area (Å²) in [5.74, 6) is -9.04. The number of nitrogens with zero attached hydrogens (tertiary/aromatic N) is 4. The van der Waals surface area contributed by atoms with Crippen LogP contribution in [0.15, 0.2) is 58.4 Å². The van der Waals surface area contributed by atoms with E-state index >= 15 is 0 Å². The molecule has 9 nitrogen and oxygen atoms in total. The van der Waals surface area contributed by atoms with Gasteiger partial charge in [-0.1, -0.05) is 23.4 Å². The van der Waals surface area contributed by atoms with Gasteiger partial charge < -0.3 is 20.7 Å². The van der Waals surface area contributed by atoms with E-state index < -0.39 is 35.9 Å². The molecule has 2 heterocycles. The van der Waals surface area contributed by atoms with E-state index in [4.69, 9.17) is 15.4 Å². The minimum absolute atomic E-state index is 0.0694. The summed E-state index contributed by atoms with van der Waals surface area (Å²) in [5.41, 5.74) is 6.53. The molecule has 33 heavy (non-hydrogen) atoms. The molecular formula is C20H16F4N6O3. The predicted molar refractivity (Wildman–Crippen MR) is 108 cm³/mol. The van der Waals surface area contributed by atoms with Gasteiger partial charge in [0.25, 0.3) is 0 Å². The van der Waals surface area contributed by atoms with E-state index in [-0.39, 0.29) is 29.5 Å². The van der Waals surface area contributed by atoms with Crippen molar-refractivity contribution in [3.05, 3.63) is 77.6 Å². The highest BCUT2D eigenvalue weighted by molar-refractivity contribution is 6.10. The molecule has 0 bridgehead atoms. The van der Waals surface area contributed by atoms with E-state index in [9.17, 15) is 22.4 Å². The lowest BCUT2D eigenvalue weighted by Gasteiger charge is -2.13. The fraction of sp³-hybridized carbons (Fsp3) is 0.150. The van der Waals surface area contributed by atoms with Crippen LogP contribution in [-0.4, -0.2) is 44.4 Å². The molecule has 0 spiro atoms. The summed E-state index contributed by atoms with van der Waals surface area (Å²) >= 11 is 0. The van der Waals surface area contributed by atoms with Crippen molar-refractivity contribution in [2.75, 3.05) is 11.9 Å². The summed E-state index contributed by atoms with van der Waals surface area (Å²) in [6.07, 6.45) is 3.22. The molecule has 1 aromatic carbocycles. The number of alkyl halides is 2. The molecule has 0 unspecified atom stereocenters. The molecule has 2 aromatic heterocycles. The van der Waals surface area contributed by atoms with Crippen molar-refractivity contribution in [3.63, 3.8) is 0 Å². The highest BCUT2D eigenvalue weighted by Crippen LogP contribution is 2.18. The molecule has 0 aliphatic heterocycles. The van der Waals surface area contributed by atoms with Crippen LogP contribution in [0.2, 0.25) is 0 Å². The van der Waals surface area contributed by atoms with E-state index in [0.29, 0.717) is 11.8 Å². The number of carbonyl (C=O) groups is 1. The van der Waals surface area contributed by atoms with Crippen LogP contribution < -0.4 is 11.1 Å². The van der Waals surface area contributed by atoms with Gasteiger partial charge >= 0.3 is 11.9 Å². The third-order valence-corrected chi connectivity index (χ3v) is 4.16. The molecule has 0 saturated heterocycles. The zero-order valence-corrected chi connectivity index (χ0v) is 16.7. The number of rotatable bonds is 9. The number of halogens is 4. The minimum atomic E-state index is -4.15. The Morgan fingerprint density at radius 1 is 1.24 bits per heavy atom. The van der Waals surface area contributed by atoms with Gasteiger partial charge in [-0.25, -0.2) is 23.5 Å². The third kappa shape index (κ3) is 5.90. The quantitative estimate of drug-likeness (QED) is 0.325. The lowest BCUT2D eigenvalue weighted by atomic mass is 10.2. The van der Waals surface area contributed by atoms with Crippen LogP contribution in [0.3, 0.4) is 0 Å². The van der Waals surface area contributed by atoms with Crippen molar-refractivity contribution < 1.29 is 32.0 Å². The summed E-state index contributed by atoms with van der Waals surface area (Å²) in [5, 5.41) is 14.2. The maximum Gasteiger partial charge on any atom is 0.376 e. The maximum atomic E-state index is 13.9. The van der Waals surface area contributed by atoms with Gasteiger partial charge in [0.05, 0.1) is 30.7 Å². The van der Waals surface area contributed by atoms with Crippen molar-refractivity contribution >= 4 is 23.2 Å². The lowest BCUT2D eigenvalue weighted by molar-refractivity contribution is -0.162. The first-order valence-electron chi connectivity index (χ1n) is 9.21. The molecule has 0 radical (unpaired) electrons. The molecule has 0 atom stereocenters. The van der Waals surface area contributed by atoms with Gasteiger partial charge in [-0.05, 0) is 12.1 Å². The highest BCUT2D eigenvalue weighted by Gasteiger charge is 2.38. The Morgan fingerprint density at radius 3 is 2.67 bits per heavy atom. The van der Waals surface area contributed by atoms with E-state index in [0.717, 1.165) is 0 Å². The number of benzene rings is 1. The number of hydrogen-bond donors (Lipinski definition) is 3. The van der Waals surface area contributed by atoms with E-state index in [1.54, 1.807) is 12.1 Å². The predicted octanol–water partition coefficient (Wildman–Crippen LogP) is 2.86. The molecule has 0 aliphatic carbocycles. The molecule has 4 N–H and O–H groups in total. The molecule has 0 aliphatic rings. The fourth-order valence-electron chi connectivity index (χ4n) is 2.45. The van der Waals surface area contributed by atoms with Crippen molar-refractivity contribution in [1.29, 1.82) is 0 Å². The van der Waals surface area contributed by atoms with E-state index in [1.165, 1.54) is 30.5 Å². The minimum Gasteiger partial charge on any atom is -0.477 e. The number of hydrogen-bond acceptors (Lipinski definition) is 8. The number of anilines is 1.